The number of nitrogens with zero attached hydrogens (tertiary/aromatic N) is 1. The Morgan fingerprint density at radius 1 is 1.32 bits per heavy atom. The van der Waals surface area contributed by atoms with Crippen molar-refractivity contribution in [3.63, 3.8) is 0 Å². The summed E-state index contributed by atoms with van der Waals surface area (Å²) in [5, 5.41) is 16.7. The Balaban J connectivity index is 0. The predicted octanol–water partition coefficient (Wildman–Crippen LogP) is 1.61. The van der Waals surface area contributed by atoms with Gasteiger partial charge in [0.1, 0.15) is 0 Å². The summed E-state index contributed by atoms with van der Waals surface area (Å²) < 4.78 is 57.5. The number of alkyl halides is 3. The number of thioether (sulfide) groups is 1. The molecular formula is C10H17F3N2O5S2. The summed E-state index contributed by atoms with van der Waals surface area (Å²) in [7, 11) is -5.84. The second kappa shape index (κ2) is 11.5. The number of unbranched alkanes of at least 4 members (excludes halogenated alkanes) is 1. The van der Waals surface area contributed by atoms with Gasteiger partial charge in [-0.1, -0.05) is 0 Å². The van der Waals surface area contributed by atoms with Gasteiger partial charge < -0.3 is 10.8 Å². The first-order chi connectivity index (χ1) is 9.91. The van der Waals surface area contributed by atoms with Crippen molar-refractivity contribution in [2.45, 2.75) is 37.2 Å². The van der Waals surface area contributed by atoms with E-state index in [2.05, 4.69) is 0 Å². The largest absolute Gasteiger partial charge is 0.522 e. The molecule has 0 saturated carbocycles. The maximum Gasteiger partial charge on any atom is 0.522 e. The van der Waals surface area contributed by atoms with Gasteiger partial charge in [0.15, 0.2) is 0 Å². The fraction of sp³-hybridized carbons (Fsp3) is 0.800. The Hall–Kier alpha value is -1.03. The van der Waals surface area contributed by atoms with Crippen LogP contribution in [0.15, 0.2) is 0 Å². The molecule has 0 bridgehead atoms. The molecule has 0 aliphatic carbocycles. The zero-order valence-electron chi connectivity index (χ0n) is 11.4. The Labute approximate surface area is 130 Å². The SMILES string of the molecule is N#CC(N)CCSCCCCC(=O)O.O=S(=O)(O)C(F)(F)F. The molecule has 0 spiro atoms. The van der Waals surface area contributed by atoms with Crippen molar-refractivity contribution >= 4 is 27.8 Å². The summed E-state index contributed by atoms with van der Waals surface area (Å²) in [6.07, 6.45) is 2.60. The van der Waals surface area contributed by atoms with Crippen molar-refractivity contribution in [2.24, 2.45) is 5.73 Å². The Morgan fingerprint density at radius 2 is 1.82 bits per heavy atom. The highest BCUT2D eigenvalue weighted by Crippen LogP contribution is 2.20. The zero-order chi connectivity index (χ0) is 17.8. The van der Waals surface area contributed by atoms with Gasteiger partial charge in [-0.3, -0.25) is 9.35 Å². The number of carbonyl (C=O) groups is 1. The molecule has 130 valence electrons. The molecule has 0 aromatic heterocycles. The fourth-order valence-corrected chi connectivity index (χ4v) is 1.89. The number of hydrogen-bond donors (Lipinski definition) is 3. The molecule has 0 radical (unpaired) electrons. The van der Waals surface area contributed by atoms with Crippen molar-refractivity contribution in [3.05, 3.63) is 0 Å². The minimum Gasteiger partial charge on any atom is -0.481 e. The van der Waals surface area contributed by atoms with Crippen molar-refractivity contribution in [1.29, 1.82) is 5.26 Å². The van der Waals surface area contributed by atoms with Crippen LogP contribution in [-0.2, 0) is 14.9 Å². The molecular weight excluding hydrogens is 349 g/mol. The third-order valence-electron chi connectivity index (χ3n) is 1.96. The van der Waals surface area contributed by atoms with Gasteiger partial charge >= 0.3 is 21.6 Å². The Kier molecular flexibility index (Phi) is 12.2. The molecule has 1 unspecified atom stereocenters. The molecule has 4 N–H and O–H groups in total. The standard InChI is InChI=1S/C9H16N2O2S.CHF3O3S/c10-7-8(11)4-6-14-5-2-1-3-9(12)13;2-1(3,4)8(5,6)7/h8H,1-6,11H2,(H,12,13);(H,5,6,7). The third kappa shape index (κ3) is 15.4. The molecule has 22 heavy (non-hydrogen) atoms. The molecule has 0 aliphatic rings. The van der Waals surface area contributed by atoms with Gasteiger partial charge in [0.2, 0.25) is 0 Å². The number of nitriles is 1. The lowest BCUT2D eigenvalue weighted by molar-refractivity contribution is -0.137. The molecule has 1 atom stereocenters. The third-order valence-corrected chi connectivity index (χ3v) is 3.65. The lowest BCUT2D eigenvalue weighted by Crippen LogP contribution is -2.21. The average molecular weight is 366 g/mol. The first kappa shape index (κ1) is 23.2. The first-order valence-corrected chi connectivity index (χ1v) is 8.49. The maximum atomic E-state index is 10.7. The summed E-state index contributed by atoms with van der Waals surface area (Å²) >= 11 is 1.72. The van der Waals surface area contributed by atoms with E-state index in [0.717, 1.165) is 24.3 Å². The van der Waals surface area contributed by atoms with Crippen LogP contribution in [0.5, 0.6) is 0 Å². The first-order valence-electron chi connectivity index (χ1n) is 5.90. The van der Waals surface area contributed by atoms with Crippen molar-refractivity contribution < 1.29 is 36.0 Å². The summed E-state index contributed by atoms with van der Waals surface area (Å²) in [5.74, 6) is 1.09. The minimum absolute atomic E-state index is 0.248. The molecule has 12 heteroatoms. The lowest BCUT2D eigenvalue weighted by atomic mass is 10.2. The number of hydrogen-bond acceptors (Lipinski definition) is 6. The van der Waals surface area contributed by atoms with Gasteiger partial charge in [-0.25, -0.2) is 0 Å². The van der Waals surface area contributed by atoms with E-state index in [1.807, 2.05) is 6.07 Å². The van der Waals surface area contributed by atoms with Crippen molar-refractivity contribution in [2.75, 3.05) is 11.5 Å². The topological polar surface area (TPSA) is 141 Å². The molecule has 7 nitrogen and oxygen atoms in total. The molecule has 0 amide bonds. The van der Waals surface area contributed by atoms with Crippen LogP contribution in [-0.4, -0.2) is 47.1 Å². The summed E-state index contributed by atoms with van der Waals surface area (Å²) in [5.41, 5.74) is -0.133. The van der Waals surface area contributed by atoms with Gasteiger partial charge in [0.25, 0.3) is 0 Å². The second-order valence-electron chi connectivity index (χ2n) is 3.91. The monoisotopic (exact) mass is 366 g/mol. The summed E-state index contributed by atoms with van der Waals surface area (Å²) in [6.45, 7) is 0. The Morgan fingerprint density at radius 3 is 2.18 bits per heavy atom. The van der Waals surface area contributed by atoms with E-state index in [9.17, 15) is 18.0 Å². The molecule has 0 aromatic rings. The molecule has 0 heterocycles. The highest BCUT2D eigenvalue weighted by molar-refractivity contribution is 7.99. The van der Waals surface area contributed by atoms with Gasteiger partial charge in [0, 0.05) is 6.42 Å². The molecule has 0 aliphatic heterocycles. The number of rotatable bonds is 8. The van der Waals surface area contributed by atoms with Crippen molar-refractivity contribution in [1.82, 2.24) is 0 Å². The van der Waals surface area contributed by atoms with Crippen LogP contribution >= 0.6 is 11.8 Å². The van der Waals surface area contributed by atoms with E-state index in [4.69, 9.17) is 29.1 Å². The number of nitrogens with two attached hydrogens (primary N) is 1. The van der Waals surface area contributed by atoms with Crippen LogP contribution in [0.2, 0.25) is 0 Å². The van der Waals surface area contributed by atoms with Crippen LogP contribution in [0.25, 0.3) is 0 Å². The quantitative estimate of drug-likeness (QED) is 0.334. The average Bonchev–Trinajstić information content (AvgIpc) is 2.35. The van der Waals surface area contributed by atoms with E-state index < -0.39 is 21.6 Å². The van der Waals surface area contributed by atoms with E-state index in [0.29, 0.717) is 6.42 Å². The molecule has 0 fully saturated rings. The van der Waals surface area contributed by atoms with Crippen LogP contribution in [0.1, 0.15) is 25.7 Å². The number of carboxylic acid groups (broad SMARTS) is 1. The summed E-state index contributed by atoms with van der Waals surface area (Å²) in [4.78, 5) is 10.2. The highest BCUT2D eigenvalue weighted by atomic mass is 32.2. The van der Waals surface area contributed by atoms with Crippen LogP contribution in [0.3, 0.4) is 0 Å². The van der Waals surface area contributed by atoms with Crippen LogP contribution in [0, 0.1) is 11.3 Å². The summed E-state index contributed by atoms with van der Waals surface area (Å²) in [6, 6.07) is 1.61. The fourth-order valence-electron chi connectivity index (χ4n) is 0.857. The van der Waals surface area contributed by atoms with Crippen LogP contribution in [0.4, 0.5) is 13.2 Å². The lowest BCUT2D eigenvalue weighted by Gasteiger charge is -2.02. The highest BCUT2D eigenvalue weighted by Gasteiger charge is 2.44. The van der Waals surface area contributed by atoms with Gasteiger partial charge in [-0.2, -0.15) is 38.6 Å². The van der Waals surface area contributed by atoms with E-state index >= 15 is 0 Å². The van der Waals surface area contributed by atoms with Gasteiger partial charge in [-0.05, 0) is 30.8 Å². The van der Waals surface area contributed by atoms with E-state index in [1.54, 1.807) is 11.8 Å². The maximum absolute atomic E-state index is 10.7. The van der Waals surface area contributed by atoms with E-state index in [1.165, 1.54) is 0 Å². The van der Waals surface area contributed by atoms with E-state index in [-0.39, 0.29) is 12.5 Å². The molecule has 0 rings (SSSR count). The van der Waals surface area contributed by atoms with Gasteiger partial charge in [0.05, 0.1) is 12.1 Å². The second-order valence-corrected chi connectivity index (χ2v) is 6.55. The number of halogens is 3. The number of aliphatic carboxylic acids is 1. The number of carboxylic acids is 1. The van der Waals surface area contributed by atoms with Crippen LogP contribution < -0.4 is 5.73 Å². The predicted molar refractivity (Wildman–Crippen MR) is 74.6 cm³/mol. The van der Waals surface area contributed by atoms with Crippen molar-refractivity contribution in [3.8, 4) is 6.07 Å². The normalized spacial score (nSPS) is 12.7. The molecule has 0 aromatic carbocycles. The Bertz CT molecular complexity index is 462. The van der Waals surface area contributed by atoms with Gasteiger partial charge in [-0.15, -0.1) is 0 Å². The molecule has 0 saturated heterocycles. The minimum atomic E-state index is -5.84. The zero-order valence-corrected chi connectivity index (χ0v) is 13.0. The smallest absolute Gasteiger partial charge is 0.481 e.